The molecule has 0 rings (SSSR count). The van der Waals surface area contributed by atoms with Gasteiger partial charge >= 0.3 is 12.3 Å². The molecule has 0 radical (unpaired) electrons. The van der Waals surface area contributed by atoms with Crippen LogP contribution in [-0.2, 0) is 4.79 Å². The van der Waals surface area contributed by atoms with Crippen molar-refractivity contribution >= 4 is 5.78 Å². The lowest BCUT2D eigenvalue weighted by Gasteiger charge is -2.07. The molecule has 0 saturated heterocycles. The van der Waals surface area contributed by atoms with Crippen LogP contribution in [0.1, 0.15) is 0 Å². The van der Waals surface area contributed by atoms with Crippen LogP contribution in [0.3, 0.4) is 0 Å². The van der Waals surface area contributed by atoms with E-state index in [4.69, 9.17) is 10.2 Å². The third-order valence-electron chi connectivity index (χ3n) is 0.855. The number of carbonyl (C=O) groups is 1. The number of hydrogen-bond donors (Lipinski definition) is 2. The van der Waals surface area contributed by atoms with Gasteiger partial charge in [-0.05, 0) is 0 Å². The maximum Gasteiger partial charge on any atom is 0.454 e. The van der Waals surface area contributed by atoms with Gasteiger partial charge in [0.15, 0.2) is 5.76 Å². The smallest absolute Gasteiger partial charge is 0.454 e. The molecule has 76 valence electrons. The summed E-state index contributed by atoms with van der Waals surface area (Å²) in [6.45, 7) is 0. The number of aliphatic hydroxyl groups is 2. The fraction of sp³-hybridized carbons (Fsp3) is 0.400. The van der Waals surface area contributed by atoms with Gasteiger partial charge in [-0.2, -0.15) is 22.0 Å². The van der Waals surface area contributed by atoms with Crippen LogP contribution < -0.4 is 0 Å². The number of halogens is 5. The highest BCUT2D eigenvalue weighted by Gasteiger charge is 2.40. The van der Waals surface area contributed by atoms with Gasteiger partial charge in [0.25, 0.3) is 5.78 Å². The summed E-state index contributed by atoms with van der Waals surface area (Å²) in [5.41, 5.74) is 0. The molecule has 0 amide bonds. The van der Waals surface area contributed by atoms with E-state index in [1.54, 1.807) is 0 Å². The van der Waals surface area contributed by atoms with Crippen molar-refractivity contribution < 1.29 is 37.0 Å². The second-order valence-corrected chi connectivity index (χ2v) is 1.93. The molecule has 0 aliphatic carbocycles. The molecule has 3 nitrogen and oxygen atoms in total. The first kappa shape index (κ1) is 11.8. The first-order valence-corrected chi connectivity index (χ1v) is 2.67. The Kier molecular flexibility index (Phi) is 2.99. The molecule has 0 saturated carbocycles. The van der Waals surface area contributed by atoms with E-state index >= 15 is 0 Å². The van der Waals surface area contributed by atoms with Gasteiger partial charge in [-0.25, -0.2) is 0 Å². The fourth-order valence-electron chi connectivity index (χ4n) is 0.293. The van der Waals surface area contributed by atoms with Gasteiger partial charge in [0, 0.05) is 6.08 Å². The summed E-state index contributed by atoms with van der Waals surface area (Å²) >= 11 is 0. The average molecular weight is 206 g/mol. The van der Waals surface area contributed by atoms with Crippen LogP contribution in [-0.4, -0.2) is 28.3 Å². The second kappa shape index (κ2) is 3.29. The summed E-state index contributed by atoms with van der Waals surface area (Å²) in [6.07, 6.45) is -11.0. The van der Waals surface area contributed by atoms with Gasteiger partial charge in [0.2, 0.25) is 0 Å². The Morgan fingerprint density at radius 2 is 1.54 bits per heavy atom. The molecule has 0 aromatic carbocycles. The summed E-state index contributed by atoms with van der Waals surface area (Å²) < 4.78 is 57.3. The van der Waals surface area contributed by atoms with Crippen LogP contribution in [0, 0.1) is 0 Å². The Morgan fingerprint density at radius 3 is 1.77 bits per heavy atom. The molecule has 0 spiro atoms. The standard InChI is InChI=1S/C5H3F5O3/c6-4(7,8)2(11)1-3(12)5(9,10)13/h1,12-13H/b3-1-. The van der Waals surface area contributed by atoms with Crippen molar-refractivity contribution in [2.75, 3.05) is 0 Å². The monoisotopic (exact) mass is 206 g/mol. The first-order valence-electron chi connectivity index (χ1n) is 2.67. The van der Waals surface area contributed by atoms with E-state index in [-0.39, 0.29) is 0 Å². The van der Waals surface area contributed by atoms with Crippen LogP contribution in [0.4, 0.5) is 22.0 Å². The highest BCUT2D eigenvalue weighted by atomic mass is 19.4. The van der Waals surface area contributed by atoms with E-state index in [1.807, 2.05) is 0 Å². The van der Waals surface area contributed by atoms with E-state index in [0.29, 0.717) is 0 Å². The molecule has 2 N–H and O–H groups in total. The van der Waals surface area contributed by atoms with Crippen molar-refractivity contribution in [2.24, 2.45) is 0 Å². The third kappa shape index (κ3) is 3.83. The predicted molar refractivity (Wildman–Crippen MR) is 28.9 cm³/mol. The van der Waals surface area contributed by atoms with Crippen LogP contribution in [0.5, 0.6) is 0 Å². The minimum absolute atomic E-state index is 0.792. The molecule has 0 aromatic rings. The molecule has 0 fully saturated rings. The first-order chi connectivity index (χ1) is 5.55. The SMILES string of the molecule is O=C(/C=C(\O)C(O)(F)F)C(F)(F)F. The number of rotatable bonds is 2. The van der Waals surface area contributed by atoms with E-state index in [0.717, 1.165) is 0 Å². The number of hydrogen-bond acceptors (Lipinski definition) is 3. The van der Waals surface area contributed by atoms with Gasteiger partial charge in [-0.3, -0.25) is 4.79 Å². The zero-order valence-electron chi connectivity index (χ0n) is 5.77. The molecule has 0 unspecified atom stereocenters. The van der Waals surface area contributed by atoms with Crippen molar-refractivity contribution in [1.82, 2.24) is 0 Å². The van der Waals surface area contributed by atoms with Crippen molar-refractivity contribution in [3.8, 4) is 0 Å². The number of allylic oxidation sites excluding steroid dienone is 1. The van der Waals surface area contributed by atoms with Crippen LogP contribution >= 0.6 is 0 Å². The molecular formula is C5H3F5O3. The zero-order chi connectivity index (χ0) is 10.9. The fourth-order valence-corrected chi connectivity index (χ4v) is 0.293. The molecule has 8 heteroatoms. The molecule has 0 aromatic heterocycles. The Labute approximate surface area is 68.1 Å². The topological polar surface area (TPSA) is 57.5 Å². The molecule has 13 heavy (non-hydrogen) atoms. The van der Waals surface area contributed by atoms with Gasteiger partial charge in [0.05, 0.1) is 0 Å². The van der Waals surface area contributed by atoms with E-state index < -0.39 is 29.9 Å². The lowest BCUT2D eigenvalue weighted by molar-refractivity contribution is -0.189. The average Bonchev–Trinajstić information content (AvgIpc) is 1.82. The van der Waals surface area contributed by atoms with Crippen molar-refractivity contribution in [1.29, 1.82) is 0 Å². The zero-order valence-corrected chi connectivity index (χ0v) is 5.77. The normalized spacial score (nSPS) is 14.5. The Morgan fingerprint density at radius 1 is 1.15 bits per heavy atom. The maximum atomic E-state index is 11.6. The molecule has 0 atom stereocenters. The van der Waals surface area contributed by atoms with Crippen LogP contribution in [0.2, 0.25) is 0 Å². The van der Waals surface area contributed by atoms with Gasteiger partial charge in [-0.1, -0.05) is 0 Å². The Bertz CT molecular complexity index is 236. The number of aliphatic hydroxyl groups excluding tert-OH is 1. The number of ketones is 1. The van der Waals surface area contributed by atoms with E-state index in [1.165, 1.54) is 0 Å². The van der Waals surface area contributed by atoms with Gasteiger partial charge < -0.3 is 10.2 Å². The summed E-state index contributed by atoms with van der Waals surface area (Å²) in [6, 6.07) is 0. The third-order valence-corrected chi connectivity index (χ3v) is 0.855. The Hall–Kier alpha value is -1.18. The summed E-state index contributed by atoms with van der Waals surface area (Å²) in [4.78, 5) is 9.92. The lowest BCUT2D eigenvalue weighted by Crippen LogP contribution is -2.24. The van der Waals surface area contributed by atoms with E-state index in [2.05, 4.69) is 0 Å². The van der Waals surface area contributed by atoms with E-state index in [9.17, 15) is 26.7 Å². The minimum Gasteiger partial charge on any atom is -0.504 e. The maximum absolute atomic E-state index is 11.6. The number of carbonyl (C=O) groups excluding carboxylic acids is 1. The molecule has 0 aliphatic heterocycles. The highest BCUT2D eigenvalue weighted by molar-refractivity contribution is 5.94. The molecule has 0 heterocycles. The Balaban J connectivity index is 4.70. The minimum atomic E-state index is -5.36. The quantitative estimate of drug-likeness (QED) is 0.404. The largest absolute Gasteiger partial charge is 0.504 e. The highest BCUT2D eigenvalue weighted by Crippen LogP contribution is 2.21. The molecular weight excluding hydrogens is 203 g/mol. The van der Waals surface area contributed by atoms with Crippen LogP contribution in [0.15, 0.2) is 11.8 Å². The lowest BCUT2D eigenvalue weighted by atomic mass is 10.3. The van der Waals surface area contributed by atoms with Crippen LogP contribution in [0.25, 0.3) is 0 Å². The molecule has 0 bridgehead atoms. The van der Waals surface area contributed by atoms with Gasteiger partial charge in [-0.15, -0.1) is 0 Å². The molecule has 0 aliphatic rings. The van der Waals surface area contributed by atoms with Crippen molar-refractivity contribution in [3.05, 3.63) is 11.8 Å². The summed E-state index contributed by atoms with van der Waals surface area (Å²) in [5.74, 6) is -5.03. The summed E-state index contributed by atoms with van der Waals surface area (Å²) in [5, 5.41) is 15.7. The number of alkyl halides is 5. The summed E-state index contributed by atoms with van der Waals surface area (Å²) in [7, 11) is 0. The van der Waals surface area contributed by atoms with Crippen molar-refractivity contribution in [3.63, 3.8) is 0 Å². The predicted octanol–water partition coefficient (Wildman–Crippen LogP) is 1.14. The second-order valence-electron chi connectivity index (χ2n) is 1.93. The van der Waals surface area contributed by atoms with Gasteiger partial charge in [0.1, 0.15) is 0 Å². The van der Waals surface area contributed by atoms with Crippen molar-refractivity contribution in [2.45, 2.75) is 12.3 Å².